The van der Waals surface area contributed by atoms with E-state index < -0.39 is 5.92 Å². The Morgan fingerprint density at radius 3 is 2.58 bits per heavy atom. The summed E-state index contributed by atoms with van der Waals surface area (Å²) in [5.41, 5.74) is 4.81. The zero-order chi connectivity index (χ0) is 22.1. The van der Waals surface area contributed by atoms with Gasteiger partial charge in [-0.1, -0.05) is 17.7 Å². The number of nitrogens with zero attached hydrogens (tertiary/aromatic N) is 2. The molecule has 1 aliphatic rings. The van der Waals surface area contributed by atoms with Crippen molar-refractivity contribution in [2.75, 3.05) is 23.9 Å². The van der Waals surface area contributed by atoms with Crippen LogP contribution in [0.2, 0.25) is 0 Å². The van der Waals surface area contributed by atoms with Gasteiger partial charge in [0, 0.05) is 29.1 Å². The van der Waals surface area contributed by atoms with Crippen molar-refractivity contribution in [3.63, 3.8) is 0 Å². The Hall–Kier alpha value is -3.19. The topological polar surface area (TPSA) is 71.5 Å². The molecule has 1 N–H and O–H groups in total. The summed E-state index contributed by atoms with van der Waals surface area (Å²) in [5, 5.41) is 3.47. The van der Waals surface area contributed by atoms with Gasteiger partial charge >= 0.3 is 0 Å². The van der Waals surface area contributed by atoms with Crippen molar-refractivity contribution < 1.29 is 14.3 Å². The molecule has 2 amide bonds. The normalized spacial score (nSPS) is 15.9. The predicted octanol–water partition coefficient (Wildman–Crippen LogP) is 4.74. The number of ether oxygens (including phenoxy) is 1. The van der Waals surface area contributed by atoms with Gasteiger partial charge in [0.1, 0.15) is 5.75 Å². The van der Waals surface area contributed by atoms with Crippen LogP contribution in [0, 0.1) is 26.7 Å². The van der Waals surface area contributed by atoms with E-state index in [-0.39, 0.29) is 18.2 Å². The fourth-order valence-electron chi connectivity index (χ4n) is 3.81. The Bertz CT molecular complexity index is 1140. The molecule has 31 heavy (non-hydrogen) atoms. The van der Waals surface area contributed by atoms with Crippen molar-refractivity contribution in [1.82, 2.24) is 4.98 Å². The highest BCUT2D eigenvalue weighted by Crippen LogP contribution is 2.33. The molecule has 0 bridgehead atoms. The number of amides is 2. The van der Waals surface area contributed by atoms with E-state index in [2.05, 4.69) is 10.3 Å². The molecule has 6 nitrogen and oxygen atoms in total. The molecule has 2 aromatic carbocycles. The number of nitrogens with one attached hydrogen (secondary N) is 1. The van der Waals surface area contributed by atoms with Crippen molar-refractivity contribution in [3.8, 4) is 17.0 Å². The van der Waals surface area contributed by atoms with Crippen LogP contribution in [0.3, 0.4) is 0 Å². The number of carbonyl (C=O) groups is 2. The van der Waals surface area contributed by atoms with Gasteiger partial charge in [-0.25, -0.2) is 4.98 Å². The number of benzene rings is 2. The fourth-order valence-corrected chi connectivity index (χ4v) is 4.65. The number of hydrogen-bond acceptors (Lipinski definition) is 5. The van der Waals surface area contributed by atoms with Gasteiger partial charge in [-0.05, 0) is 56.7 Å². The summed E-state index contributed by atoms with van der Waals surface area (Å²) in [4.78, 5) is 32.7. The summed E-state index contributed by atoms with van der Waals surface area (Å²) in [5.74, 6) is 0.224. The Kier molecular flexibility index (Phi) is 5.78. The van der Waals surface area contributed by atoms with Crippen LogP contribution in [-0.2, 0) is 9.59 Å². The highest BCUT2D eigenvalue weighted by molar-refractivity contribution is 7.16. The molecule has 7 heteroatoms. The van der Waals surface area contributed by atoms with E-state index in [1.165, 1.54) is 11.3 Å². The Labute approximate surface area is 185 Å². The monoisotopic (exact) mass is 435 g/mol. The van der Waals surface area contributed by atoms with Gasteiger partial charge in [0.05, 0.1) is 18.7 Å². The predicted molar refractivity (Wildman–Crippen MR) is 124 cm³/mol. The molecule has 1 aromatic heterocycles. The van der Waals surface area contributed by atoms with Crippen LogP contribution in [0.5, 0.6) is 5.75 Å². The van der Waals surface area contributed by atoms with Gasteiger partial charge in [0.25, 0.3) is 0 Å². The average molecular weight is 436 g/mol. The third-order valence-corrected chi connectivity index (χ3v) is 6.42. The molecule has 1 atom stereocenters. The standard InChI is InChI=1S/C24H25N3O3S/c1-14-5-8-19(9-6-14)27-13-18(12-21(27)28)23(29)26-24-25-22(16(3)31-24)17-7-10-20(30-4)15(2)11-17/h5-11,18H,12-13H2,1-4H3,(H,25,26,29). The molecule has 0 spiro atoms. The lowest BCUT2D eigenvalue weighted by molar-refractivity contribution is -0.122. The van der Waals surface area contributed by atoms with Crippen LogP contribution in [0.1, 0.15) is 22.4 Å². The fraction of sp³-hybridized carbons (Fsp3) is 0.292. The summed E-state index contributed by atoms with van der Waals surface area (Å²) >= 11 is 1.44. The minimum atomic E-state index is -0.398. The van der Waals surface area contributed by atoms with Crippen molar-refractivity contribution in [3.05, 3.63) is 58.5 Å². The summed E-state index contributed by atoms with van der Waals surface area (Å²) in [6.45, 7) is 6.36. The molecule has 4 rings (SSSR count). The van der Waals surface area contributed by atoms with E-state index >= 15 is 0 Å². The first-order chi connectivity index (χ1) is 14.9. The van der Waals surface area contributed by atoms with Gasteiger partial charge in [0.2, 0.25) is 11.8 Å². The lowest BCUT2D eigenvalue weighted by Gasteiger charge is -2.16. The first-order valence-electron chi connectivity index (χ1n) is 10.2. The SMILES string of the molecule is COc1ccc(-c2nc(NC(=O)C3CC(=O)N(c4ccc(C)cc4)C3)sc2C)cc1C. The van der Waals surface area contributed by atoms with E-state index in [0.29, 0.717) is 11.7 Å². The Morgan fingerprint density at radius 2 is 1.90 bits per heavy atom. The van der Waals surface area contributed by atoms with Crippen molar-refractivity contribution in [1.29, 1.82) is 0 Å². The zero-order valence-electron chi connectivity index (χ0n) is 18.1. The first-order valence-corrected chi connectivity index (χ1v) is 11.0. The van der Waals surface area contributed by atoms with Gasteiger partial charge in [-0.3, -0.25) is 9.59 Å². The van der Waals surface area contributed by atoms with Crippen LogP contribution < -0.4 is 15.0 Å². The number of rotatable bonds is 5. The highest BCUT2D eigenvalue weighted by Gasteiger charge is 2.35. The molecular formula is C24H25N3O3S. The number of aryl methyl sites for hydroxylation is 3. The Balaban J connectivity index is 1.47. The summed E-state index contributed by atoms with van der Waals surface area (Å²) in [6, 6.07) is 13.7. The molecule has 0 saturated carbocycles. The van der Waals surface area contributed by atoms with E-state index in [1.807, 2.05) is 63.2 Å². The maximum Gasteiger partial charge on any atom is 0.231 e. The van der Waals surface area contributed by atoms with E-state index in [9.17, 15) is 9.59 Å². The maximum absolute atomic E-state index is 12.8. The molecule has 1 fully saturated rings. The molecular weight excluding hydrogens is 410 g/mol. The second-order valence-corrected chi connectivity index (χ2v) is 9.04. The van der Waals surface area contributed by atoms with Crippen LogP contribution in [-0.4, -0.2) is 30.5 Å². The van der Waals surface area contributed by atoms with Crippen molar-refractivity contribution in [2.24, 2.45) is 5.92 Å². The minimum absolute atomic E-state index is 0.0336. The second kappa shape index (κ2) is 8.51. The molecule has 1 unspecified atom stereocenters. The molecule has 0 aliphatic carbocycles. The summed E-state index contributed by atoms with van der Waals surface area (Å²) in [7, 11) is 1.65. The number of anilines is 2. The van der Waals surface area contributed by atoms with Gasteiger partial charge in [-0.15, -0.1) is 11.3 Å². The number of hydrogen-bond donors (Lipinski definition) is 1. The van der Waals surface area contributed by atoms with Crippen LogP contribution in [0.4, 0.5) is 10.8 Å². The van der Waals surface area contributed by atoms with Crippen molar-refractivity contribution in [2.45, 2.75) is 27.2 Å². The maximum atomic E-state index is 12.8. The van der Waals surface area contributed by atoms with Crippen LogP contribution in [0.15, 0.2) is 42.5 Å². The molecule has 1 saturated heterocycles. The number of aromatic nitrogens is 1. The van der Waals surface area contributed by atoms with Crippen LogP contribution in [0.25, 0.3) is 11.3 Å². The molecule has 2 heterocycles. The summed E-state index contributed by atoms with van der Waals surface area (Å²) < 4.78 is 5.33. The van der Waals surface area contributed by atoms with E-state index in [4.69, 9.17) is 4.74 Å². The average Bonchev–Trinajstić information content (AvgIpc) is 3.31. The summed E-state index contributed by atoms with van der Waals surface area (Å²) in [6.07, 6.45) is 0.203. The van der Waals surface area contributed by atoms with Gasteiger partial charge in [0.15, 0.2) is 5.13 Å². The second-order valence-electron chi connectivity index (χ2n) is 7.84. The van der Waals surface area contributed by atoms with Crippen LogP contribution >= 0.6 is 11.3 Å². The smallest absolute Gasteiger partial charge is 0.231 e. The quantitative estimate of drug-likeness (QED) is 0.629. The lowest BCUT2D eigenvalue weighted by atomic mass is 10.1. The molecule has 3 aromatic rings. The largest absolute Gasteiger partial charge is 0.496 e. The molecule has 160 valence electrons. The van der Waals surface area contributed by atoms with E-state index in [1.54, 1.807) is 12.0 Å². The van der Waals surface area contributed by atoms with Gasteiger partial charge in [-0.2, -0.15) is 0 Å². The molecule has 1 aliphatic heterocycles. The number of methoxy groups -OCH3 is 1. The third kappa shape index (κ3) is 4.32. The Morgan fingerprint density at radius 1 is 1.16 bits per heavy atom. The zero-order valence-corrected chi connectivity index (χ0v) is 18.9. The van der Waals surface area contributed by atoms with E-state index in [0.717, 1.165) is 38.7 Å². The number of carbonyl (C=O) groups excluding carboxylic acids is 2. The van der Waals surface area contributed by atoms with Gasteiger partial charge < -0.3 is 15.0 Å². The third-order valence-electron chi connectivity index (χ3n) is 5.54. The number of thiazole rings is 1. The minimum Gasteiger partial charge on any atom is -0.496 e. The first kappa shape index (κ1) is 21.1. The molecule has 0 radical (unpaired) electrons. The highest BCUT2D eigenvalue weighted by atomic mass is 32.1. The van der Waals surface area contributed by atoms with Crippen molar-refractivity contribution >= 4 is 34.0 Å². The lowest BCUT2D eigenvalue weighted by Crippen LogP contribution is -2.28.